The van der Waals surface area contributed by atoms with Gasteiger partial charge in [-0.3, -0.25) is 4.79 Å². The van der Waals surface area contributed by atoms with Crippen LogP contribution in [0.4, 0.5) is 13.2 Å². The van der Waals surface area contributed by atoms with E-state index in [-0.39, 0.29) is 17.5 Å². The highest BCUT2D eigenvalue weighted by Gasteiger charge is 2.34. The first-order chi connectivity index (χ1) is 15.1. The lowest BCUT2D eigenvalue weighted by atomic mass is 9.80. The molecule has 0 saturated heterocycles. The Hall–Kier alpha value is -2.97. The molecule has 1 fully saturated rings. The van der Waals surface area contributed by atoms with E-state index in [2.05, 4.69) is 15.2 Å². The van der Waals surface area contributed by atoms with Crippen molar-refractivity contribution in [1.29, 1.82) is 0 Å². The molecule has 9 heteroatoms. The van der Waals surface area contributed by atoms with Crippen molar-refractivity contribution >= 4 is 17.3 Å². The monoisotopic (exact) mass is 445 g/mol. The zero-order valence-corrected chi connectivity index (χ0v) is 18.4. The third kappa shape index (κ3) is 4.33. The fraction of sp³-hybridized carbons (Fsp3) is 0.478. The summed E-state index contributed by atoms with van der Waals surface area (Å²) in [5.41, 5.74) is 3.04. The summed E-state index contributed by atoms with van der Waals surface area (Å²) in [4.78, 5) is 18.8. The average Bonchev–Trinajstić information content (AvgIpc) is 3.38. The molecule has 1 saturated carbocycles. The lowest BCUT2D eigenvalue weighted by molar-refractivity contribution is -0.137. The minimum Gasteiger partial charge on any atom is -0.339 e. The molecule has 2 atom stereocenters. The highest BCUT2D eigenvalue weighted by Crippen LogP contribution is 2.33. The van der Waals surface area contributed by atoms with E-state index in [1.165, 1.54) is 12.1 Å². The third-order valence-corrected chi connectivity index (χ3v) is 6.46. The Balaban J connectivity index is 1.43. The van der Waals surface area contributed by atoms with Crippen LogP contribution < -0.4 is 0 Å². The SMILES string of the molecule is Cc1ncn(C)c1C1=NN=C([C@H]2CCC[C@@H](N(C)C(=O)c3cccc(C(F)(F)F)c3)C2)C1. The van der Waals surface area contributed by atoms with Crippen molar-refractivity contribution in [3.8, 4) is 0 Å². The van der Waals surface area contributed by atoms with Gasteiger partial charge >= 0.3 is 6.18 Å². The first kappa shape index (κ1) is 22.2. The van der Waals surface area contributed by atoms with Crippen LogP contribution in [0.1, 0.15) is 59.4 Å². The Kier molecular flexibility index (Phi) is 5.92. The van der Waals surface area contributed by atoms with E-state index in [9.17, 15) is 18.0 Å². The van der Waals surface area contributed by atoms with Gasteiger partial charge in [0.25, 0.3) is 5.91 Å². The maximum Gasteiger partial charge on any atom is 0.416 e. The Morgan fingerprint density at radius 3 is 2.69 bits per heavy atom. The number of nitrogens with zero attached hydrogens (tertiary/aromatic N) is 5. The predicted octanol–water partition coefficient (Wildman–Crippen LogP) is 4.63. The first-order valence-electron chi connectivity index (χ1n) is 10.7. The second-order valence-corrected chi connectivity index (χ2v) is 8.62. The number of aromatic nitrogens is 2. The van der Waals surface area contributed by atoms with E-state index in [1.54, 1.807) is 18.3 Å². The van der Waals surface area contributed by atoms with Crippen LogP contribution in [0.5, 0.6) is 0 Å². The summed E-state index contributed by atoms with van der Waals surface area (Å²) in [5, 5.41) is 8.85. The van der Waals surface area contributed by atoms with E-state index in [0.29, 0.717) is 6.42 Å². The molecule has 2 heterocycles. The smallest absolute Gasteiger partial charge is 0.339 e. The van der Waals surface area contributed by atoms with Crippen LogP contribution >= 0.6 is 0 Å². The van der Waals surface area contributed by atoms with Gasteiger partial charge in [-0.1, -0.05) is 12.5 Å². The van der Waals surface area contributed by atoms with Crippen molar-refractivity contribution in [1.82, 2.24) is 14.5 Å². The molecule has 4 rings (SSSR count). The summed E-state index contributed by atoms with van der Waals surface area (Å²) in [5.74, 6) is -0.196. The Morgan fingerprint density at radius 2 is 2.00 bits per heavy atom. The maximum absolute atomic E-state index is 13.0. The molecule has 2 aliphatic rings. The first-order valence-corrected chi connectivity index (χ1v) is 10.7. The Labute approximate surface area is 184 Å². The minimum absolute atomic E-state index is 0.0546. The van der Waals surface area contributed by atoms with Crippen LogP contribution in [-0.2, 0) is 13.2 Å². The molecular formula is C23H26F3N5O. The quantitative estimate of drug-likeness (QED) is 0.689. The van der Waals surface area contributed by atoms with E-state index in [1.807, 2.05) is 18.5 Å². The summed E-state index contributed by atoms with van der Waals surface area (Å²) < 4.78 is 41.1. The fourth-order valence-corrected chi connectivity index (χ4v) is 4.70. The van der Waals surface area contributed by atoms with Gasteiger partial charge in [-0.05, 0) is 44.4 Å². The molecule has 1 amide bonds. The molecule has 0 radical (unpaired) electrons. The fourth-order valence-electron chi connectivity index (χ4n) is 4.70. The number of hydrogen-bond donors (Lipinski definition) is 0. The standard InChI is InChI=1S/C23H26F3N5O/c1-14-21(30(2)13-27-14)20-12-19(28-29-20)15-6-5-9-18(11-15)31(3)22(32)16-7-4-8-17(10-16)23(24,25)26/h4,7-8,10,13,15,18H,5-6,9,11-12H2,1-3H3/t15-,18+/m0/s1. The number of halogens is 3. The molecule has 1 aliphatic heterocycles. The number of aryl methyl sites for hydroxylation is 2. The van der Waals surface area contributed by atoms with Crippen LogP contribution in [0.15, 0.2) is 40.8 Å². The van der Waals surface area contributed by atoms with Crippen molar-refractivity contribution in [2.75, 3.05) is 7.05 Å². The summed E-state index contributed by atoms with van der Waals surface area (Å²) in [7, 11) is 3.61. The van der Waals surface area contributed by atoms with Crippen molar-refractivity contribution in [2.45, 2.75) is 51.2 Å². The zero-order valence-electron chi connectivity index (χ0n) is 18.4. The van der Waals surface area contributed by atoms with Gasteiger partial charge in [-0.2, -0.15) is 23.4 Å². The molecule has 170 valence electrons. The second-order valence-electron chi connectivity index (χ2n) is 8.62. The van der Waals surface area contributed by atoms with Gasteiger partial charge in [0.1, 0.15) is 0 Å². The second kappa shape index (κ2) is 8.52. The lowest BCUT2D eigenvalue weighted by Crippen LogP contribution is -2.41. The van der Waals surface area contributed by atoms with Crippen molar-refractivity contribution in [3.05, 3.63) is 53.1 Å². The van der Waals surface area contributed by atoms with Crippen LogP contribution in [0.2, 0.25) is 0 Å². The maximum atomic E-state index is 13.0. The van der Waals surface area contributed by atoms with Gasteiger partial charge in [0, 0.05) is 43.8 Å². The molecule has 0 bridgehead atoms. The average molecular weight is 445 g/mol. The van der Waals surface area contributed by atoms with Gasteiger partial charge in [0.05, 0.1) is 29.0 Å². The Bertz CT molecular complexity index is 1070. The number of amides is 1. The highest BCUT2D eigenvalue weighted by atomic mass is 19.4. The molecule has 0 unspecified atom stereocenters. The molecule has 1 aromatic carbocycles. The van der Waals surface area contributed by atoms with E-state index >= 15 is 0 Å². The van der Waals surface area contributed by atoms with Crippen LogP contribution in [-0.4, -0.2) is 44.9 Å². The Morgan fingerprint density at radius 1 is 1.22 bits per heavy atom. The summed E-state index contributed by atoms with van der Waals surface area (Å²) >= 11 is 0. The minimum atomic E-state index is -4.48. The molecule has 1 aromatic heterocycles. The van der Waals surface area contributed by atoms with Gasteiger partial charge < -0.3 is 9.47 Å². The molecule has 0 spiro atoms. The van der Waals surface area contributed by atoms with Gasteiger partial charge in [-0.15, -0.1) is 0 Å². The molecular weight excluding hydrogens is 419 g/mol. The van der Waals surface area contributed by atoms with Crippen LogP contribution in [0, 0.1) is 12.8 Å². The number of rotatable bonds is 4. The van der Waals surface area contributed by atoms with Crippen molar-refractivity contribution < 1.29 is 18.0 Å². The molecule has 6 nitrogen and oxygen atoms in total. The third-order valence-electron chi connectivity index (χ3n) is 6.46. The van der Waals surface area contributed by atoms with Crippen molar-refractivity contribution in [3.63, 3.8) is 0 Å². The lowest BCUT2D eigenvalue weighted by Gasteiger charge is -2.35. The zero-order chi connectivity index (χ0) is 23.0. The van der Waals surface area contributed by atoms with E-state index in [4.69, 9.17) is 0 Å². The van der Waals surface area contributed by atoms with Crippen molar-refractivity contribution in [2.24, 2.45) is 23.2 Å². The number of carbonyl (C=O) groups is 1. The predicted molar refractivity (Wildman–Crippen MR) is 116 cm³/mol. The van der Waals surface area contributed by atoms with Crippen LogP contribution in [0.3, 0.4) is 0 Å². The molecule has 1 aliphatic carbocycles. The normalized spacial score (nSPS) is 21.3. The summed E-state index contributed by atoms with van der Waals surface area (Å²) in [6.07, 6.45) is 1.38. The molecule has 0 N–H and O–H groups in total. The largest absolute Gasteiger partial charge is 0.416 e. The number of alkyl halides is 3. The molecule has 32 heavy (non-hydrogen) atoms. The number of imidazole rings is 1. The van der Waals surface area contributed by atoms with Gasteiger partial charge in [0.15, 0.2) is 0 Å². The highest BCUT2D eigenvalue weighted by molar-refractivity contribution is 6.15. The van der Waals surface area contributed by atoms with Gasteiger partial charge in [0.2, 0.25) is 0 Å². The number of carbonyl (C=O) groups excluding carboxylic acids is 1. The topological polar surface area (TPSA) is 62.9 Å². The summed E-state index contributed by atoms with van der Waals surface area (Å²) in [6.45, 7) is 1.95. The van der Waals surface area contributed by atoms with E-state index < -0.39 is 17.6 Å². The van der Waals surface area contributed by atoms with Crippen LogP contribution in [0.25, 0.3) is 0 Å². The van der Waals surface area contributed by atoms with Gasteiger partial charge in [-0.25, -0.2) is 4.98 Å². The summed E-state index contributed by atoms with van der Waals surface area (Å²) in [6, 6.07) is 4.57. The van der Waals surface area contributed by atoms with E-state index in [0.717, 1.165) is 60.6 Å². The number of benzene rings is 1. The number of hydrogen-bond acceptors (Lipinski definition) is 4. The molecule has 2 aromatic rings.